The van der Waals surface area contributed by atoms with Gasteiger partial charge in [-0.3, -0.25) is 9.59 Å². The van der Waals surface area contributed by atoms with Crippen LogP contribution in [0.5, 0.6) is 0 Å². The summed E-state index contributed by atoms with van der Waals surface area (Å²) in [6.07, 6.45) is 3.90. The Morgan fingerprint density at radius 3 is 2.31 bits per heavy atom. The Hall–Kier alpha value is -2.96. The summed E-state index contributed by atoms with van der Waals surface area (Å²) in [5.74, 6) is 1.20. The van der Waals surface area contributed by atoms with Gasteiger partial charge in [0.25, 0.3) is 0 Å². The van der Waals surface area contributed by atoms with Crippen molar-refractivity contribution in [2.45, 2.75) is 39.5 Å². The molecule has 1 aromatic carbocycles. The summed E-state index contributed by atoms with van der Waals surface area (Å²) in [6, 6.07) is 12.3. The van der Waals surface area contributed by atoms with Crippen LogP contribution in [0.4, 0.5) is 5.82 Å². The van der Waals surface area contributed by atoms with Crippen molar-refractivity contribution in [3.8, 4) is 11.3 Å². The topological polar surface area (TPSA) is 69.6 Å². The third-order valence-electron chi connectivity index (χ3n) is 6.30. The molecule has 0 unspecified atom stereocenters. The molecule has 2 aromatic rings. The number of carbonyl (C=O) groups excluding carboxylic acids is 2. The van der Waals surface area contributed by atoms with E-state index in [1.54, 1.807) is 4.90 Å². The highest BCUT2D eigenvalue weighted by molar-refractivity contribution is 5.87. The first kappa shape index (κ1) is 22.2. The van der Waals surface area contributed by atoms with Gasteiger partial charge in [0, 0.05) is 44.2 Å². The smallest absolute Gasteiger partial charge is 0.242 e. The number of hydrogen-bond donors (Lipinski definition) is 0. The van der Waals surface area contributed by atoms with Gasteiger partial charge in [-0.2, -0.15) is 0 Å². The zero-order chi connectivity index (χ0) is 22.5. The number of benzene rings is 1. The Morgan fingerprint density at radius 2 is 1.72 bits per heavy atom. The van der Waals surface area contributed by atoms with Crippen LogP contribution in [-0.2, 0) is 9.59 Å². The van der Waals surface area contributed by atoms with Crippen molar-refractivity contribution < 1.29 is 9.59 Å². The van der Waals surface area contributed by atoms with E-state index < -0.39 is 0 Å². The van der Waals surface area contributed by atoms with Gasteiger partial charge in [-0.05, 0) is 38.3 Å². The summed E-state index contributed by atoms with van der Waals surface area (Å²) in [6.45, 7) is 7.78. The summed E-state index contributed by atoms with van der Waals surface area (Å²) in [5, 5.41) is 8.82. The van der Waals surface area contributed by atoms with Crippen molar-refractivity contribution in [3.05, 3.63) is 42.0 Å². The summed E-state index contributed by atoms with van der Waals surface area (Å²) in [5.41, 5.74) is 3.13. The molecule has 170 valence electrons. The molecule has 0 atom stereocenters. The maximum Gasteiger partial charge on any atom is 0.242 e. The molecule has 1 aromatic heterocycles. The summed E-state index contributed by atoms with van der Waals surface area (Å²) in [4.78, 5) is 31.2. The minimum absolute atomic E-state index is 0.0514. The summed E-state index contributed by atoms with van der Waals surface area (Å²) in [7, 11) is 0. The van der Waals surface area contributed by atoms with Crippen LogP contribution < -0.4 is 4.90 Å². The molecule has 1 aliphatic heterocycles. The third-order valence-corrected chi connectivity index (χ3v) is 6.30. The molecule has 0 spiro atoms. The molecular formula is C25H33N5O2. The fraction of sp³-hybridized carbons (Fsp3) is 0.520. The standard InChI is InChI=1S/C25H33N5O2/c1-3-4-13-30(25(32)21-9-10-21)18-24(31)29-16-14-28(15-17-29)23-12-11-22(26-27-23)20-7-5-19(2)6-8-20/h5-8,11-12,21H,3-4,9-10,13-18H2,1-2H3. The molecule has 2 aliphatic rings. The van der Waals surface area contributed by atoms with Gasteiger partial charge in [-0.1, -0.05) is 43.2 Å². The molecule has 7 heteroatoms. The molecule has 0 N–H and O–H groups in total. The predicted octanol–water partition coefficient (Wildman–Crippen LogP) is 3.14. The van der Waals surface area contributed by atoms with E-state index in [4.69, 9.17) is 0 Å². The molecule has 0 radical (unpaired) electrons. The average molecular weight is 436 g/mol. The second kappa shape index (κ2) is 10.1. The van der Waals surface area contributed by atoms with Crippen LogP contribution in [0.15, 0.2) is 36.4 Å². The van der Waals surface area contributed by atoms with Crippen LogP contribution in [-0.4, -0.2) is 71.1 Å². The monoisotopic (exact) mass is 435 g/mol. The Labute approximate surface area is 190 Å². The van der Waals surface area contributed by atoms with Crippen molar-refractivity contribution in [1.82, 2.24) is 20.0 Å². The van der Waals surface area contributed by atoms with Gasteiger partial charge in [0.1, 0.15) is 0 Å². The first-order valence-corrected chi connectivity index (χ1v) is 11.8. The lowest BCUT2D eigenvalue weighted by Crippen LogP contribution is -2.52. The van der Waals surface area contributed by atoms with Gasteiger partial charge < -0.3 is 14.7 Å². The van der Waals surface area contributed by atoms with Crippen LogP contribution in [0.3, 0.4) is 0 Å². The molecule has 1 saturated carbocycles. The van der Waals surface area contributed by atoms with Gasteiger partial charge in [0.2, 0.25) is 11.8 Å². The van der Waals surface area contributed by atoms with Crippen LogP contribution in [0.2, 0.25) is 0 Å². The third kappa shape index (κ3) is 5.44. The van der Waals surface area contributed by atoms with Crippen molar-refractivity contribution in [3.63, 3.8) is 0 Å². The number of anilines is 1. The number of hydrogen-bond acceptors (Lipinski definition) is 5. The normalized spacial score (nSPS) is 16.2. The molecule has 1 saturated heterocycles. The number of aryl methyl sites for hydroxylation is 1. The Bertz CT molecular complexity index is 916. The molecular weight excluding hydrogens is 402 g/mol. The fourth-order valence-corrected chi connectivity index (χ4v) is 4.03. The maximum absolute atomic E-state index is 12.9. The van der Waals surface area contributed by atoms with Crippen molar-refractivity contribution in [1.29, 1.82) is 0 Å². The van der Waals surface area contributed by atoms with Crippen molar-refractivity contribution in [2.75, 3.05) is 44.2 Å². The number of aromatic nitrogens is 2. The predicted molar refractivity (Wildman–Crippen MR) is 125 cm³/mol. The minimum atomic E-state index is 0.0514. The summed E-state index contributed by atoms with van der Waals surface area (Å²) >= 11 is 0. The molecule has 32 heavy (non-hydrogen) atoms. The van der Waals surface area contributed by atoms with E-state index in [0.29, 0.717) is 19.6 Å². The highest BCUT2D eigenvalue weighted by Crippen LogP contribution is 2.31. The van der Waals surface area contributed by atoms with Gasteiger partial charge in [-0.25, -0.2) is 0 Å². The lowest BCUT2D eigenvalue weighted by molar-refractivity contribution is -0.141. The van der Waals surface area contributed by atoms with Gasteiger partial charge in [0.05, 0.1) is 12.2 Å². The lowest BCUT2D eigenvalue weighted by atomic mass is 10.1. The summed E-state index contributed by atoms with van der Waals surface area (Å²) < 4.78 is 0. The van der Waals surface area contributed by atoms with Crippen LogP contribution in [0.25, 0.3) is 11.3 Å². The average Bonchev–Trinajstić information content (AvgIpc) is 3.67. The quantitative estimate of drug-likeness (QED) is 0.637. The first-order valence-electron chi connectivity index (χ1n) is 11.8. The number of amides is 2. The Kier molecular flexibility index (Phi) is 7.02. The number of piperazine rings is 1. The molecule has 2 fully saturated rings. The van der Waals surface area contributed by atoms with E-state index in [-0.39, 0.29) is 24.3 Å². The zero-order valence-electron chi connectivity index (χ0n) is 19.2. The number of carbonyl (C=O) groups is 2. The minimum Gasteiger partial charge on any atom is -0.352 e. The molecule has 0 bridgehead atoms. The zero-order valence-corrected chi connectivity index (χ0v) is 19.2. The van der Waals surface area contributed by atoms with Crippen LogP contribution in [0, 0.1) is 12.8 Å². The van der Waals surface area contributed by atoms with E-state index in [0.717, 1.165) is 55.8 Å². The number of nitrogens with zero attached hydrogens (tertiary/aromatic N) is 5. The van der Waals surface area contributed by atoms with Crippen LogP contribution >= 0.6 is 0 Å². The van der Waals surface area contributed by atoms with Crippen LogP contribution in [0.1, 0.15) is 38.2 Å². The second-order valence-electron chi connectivity index (χ2n) is 8.90. The fourth-order valence-electron chi connectivity index (χ4n) is 4.03. The van der Waals surface area contributed by atoms with Gasteiger partial charge >= 0.3 is 0 Å². The molecule has 4 rings (SSSR count). The van der Waals surface area contributed by atoms with E-state index in [2.05, 4.69) is 53.2 Å². The van der Waals surface area contributed by atoms with E-state index in [1.165, 1.54) is 5.56 Å². The molecule has 1 aliphatic carbocycles. The lowest BCUT2D eigenvalue weighted by Gasteiger charge is -2.36. The SMILES string of the molecule is CCCCN(CC(=O)N1CCN(c2ccc(-c3ccc(C)cc3)nn2)CC1)C(=O)C1CC1. The molecule has 2 amide bonds. The van der Waals surface area contributed by atoms with Crippen molar-refractivity contribution in [2.24, 2.45) is 5.92 Å². The van der Waals surface area contributed by atoms with Gasteiger partial charge in [0.15, 0.2) is 5.82 Å². The first-order chi connectivity index (χ1) is 15.5. The Balaban J connectivity index is 1.30. The van der Waals surface area contributed by atoms with E-state index in [9.17, 15) is 9.59 Å². The molecule has 7 nitrogen and oxygen atoms in total. The largest absolute Gasteiger partial charge is 0.352 e. The highest BCUT2D eigenvalue weighted by atomic mass is 16.2. The second-order valence-corrected chi connectivity index (χ2v) is 8.90. The van der Waals surface area contributed by atoms with E-state index >= 15 is 0 Å². The van der Waals surface area contributed by atoms with E-state index in [1.807, 2.05) is 17.0 Å². The Morgan fingerprint density at radius 1 is 1.00 bits per heavy atom. The highest BCUT2D eigenvalue weighted by Gasteiger charge is 2.34. The maximum atomic E-state index is 12.9. The van der Waals surface area contributed by atoms with Gasteiger partial charge in [-0.15, -0.1) is 10.2 Å². The number of rotatable bonds is 8. The molecule has 2 heterocycles. The number of unbranched alkanes of at least 4 members (excludes halogenated alkanes) is 1. The van der Waals surface area contributed by atoms with Crippen molar-refractivity contribution >= 4 is 17.6 Å².